The van der Waals surface area contributed by atoms with E-state index in [-0.39, 0.29) is 0 Å². The van der Waals surface area contributed by atoms with E-state index in [1.165, 1.54) is 0 Å². The van der Waals surface area contributed by atoms with Crippen molar-refractivity contribution in [1.29, 1.82) is 0 Å². The van der Waals surface area contributed by atoms with Gasteiger partial charge in [-0.15, -0.1) is 0 Å². The van der Waals surface area contributed by atoms with Gasteiger partial charge in [0.15, 0.2) is 23.0 Å². The summed E-state index contributed by atoms with van der Waals surface area (Å²) >= 11 is 0. The quantitative estimate of drug-likeness (QED) is 0.135. The van der Waals surface area contributed by atoms with Gasteiger partial charge in [0.1, 0.15) is 22.3 Å². The lowest BCUT2D eigenvalue weighted by Crippen LogP contribution is -2.10. The van der Waals surface area contributed by atoms with E-state index in [0.717, 1.165) is 99.5 Å². The third kappa shape index (κ3) is 6.15. The SMILES string of the molecule is COc1ccc(N(c2ccccc2)c2ccc3cc4c(cc3c2)oc2cc3oc5cc6cc(N(c7ccccc7)c7ccc(OC)c(OC)c7)ccc6cc5c3cc24)cc1OC. The van der Waals surface area contributed by atoms with Gasteiger partial charge < -0.3 is 37.6 Å². The summed E-state index contributed by atoms with van der Waals surface area (Å²) in [6, 6.07) is 58.6. The van der Waals surface area contributed by atoms with Crippen LogP contribution in [0.3, 0.4) is 0 Å². The molecule has 0 aliphatic carbocycles. The predicted molar refractivity (Wildman–Crippen MR) is 252 cm³/mol. The van der Waals surface area contributed by atoms with Crippen molar-refractivity contribution < 1.29 is 27.8 Å². The topological polar surface area (TPSA) is 69.7 Å². The number of methoxy groups -OCH3 is 4. The van der Waals surface area contributed by atoms with Gasteiger partial charge in [0.25, 0.3) is 0 Å². The molecule has 8 nitrogen and oxygen atoms in total. The van der Waals surface area contributed by atoms with Gasteiger partial charge in [-0.3, -0.25) is 0 Å². The summed E-state index contributed by atoms with van der Waals surface area (Å²) in [6.07, 6.45) is 0. The van der Waals surface area contributed by atoms with Gasteiger partial charge in [-0.25, -0.2) is 0 Å². The van der Waals surface area contributed by atoms with E-state index < -0.39 is 0 Å². The van der Waals surface area contributed by atoms with Gasteiger partial charge in [-0.05, 0) is 125 Å². The predicted octanol–water partition coefficient (Wildman–Crippen LogP) is 14.8. The normalized spacial score (nSPS) is 11.5. The lowest BCUT2D eigenvalue weighted by atomic mass is 10.0. The summed E-state index contributed by atoms with van der Waals surface area (Å²) in [4.78, 5) is 4.43. The summed E-state index contributed by atoms with van der Waals surface area (Å²) in [6.45, 7) is 0. The third-order valence-corrected chi connectivity index (χ3v) is 11.7. The molecule has 0 spiro atoms. The molecule has 0 saturated heterocycles. The van der Waals surface area contributed by atoms with Crippen LogP contribution in [0.25, 0.3) is 65.4 Å². The van der Waals surface area contributed by atoms with Crippen molar-refractivity contribution in [2.75, 3.05) is 38.2 Å². The molecule has 0 unspecified atom stereocenters. The largest absolute Gasteiger partial charge is 0.493 e. The van der Waals surface area contributed by atoms with E-state index in [1.54, 1.807) is 28.4 Å². The number of hydrogen-bond acceptors (Lipinski definition) is 8. The Morgan fingerprint density at radius 3 is 1.08 bits per heavy atom. The Bertz CT molecular complexity index is 3260. The van der Waals surface area contributed by atoms with Crippen LogP contribution < -0.4 is 28.7 Å². The second-order valence-corrected chi connectivity index (χ2v) is 15.2. The van der Waals surface area contributed by atoms with Gasteiger partial charge in [0.05, 0.1) is 39.8 Å². The molecule has 9 aromatic carbocycles. The molecular formula is C54H40N2O6. The Hall–Kier alpha value is -8.10. The van der Waals surface area contributed by atoms with Crippen LogP contribution in [-0.4, -0.2) is 28.4 Å². The summed E-state index contributed by atoms with van der Waals surface area (Å²) in [5, 5.41) is 8.54. The Morgan fingerprint density at radius 1 is 0.290 bits per heavy atom. The Kier molecular flexibility index (Phi) is 8.86. The monoisotopic (exact) mass is 812 g/mol. The molecular weight excluding hydrogens is 773 g/mol. The molecule has 0 fully saturated rings. The molecule has 11 rings (SSSR count). The second-order valence-electron chi connectivity index (χ2n) is 15.2. The summed E-state index contributed by atoms with van der Waals surface area (Å²) in [5.41, 5.74) is 9.13. The van der Waals surface area contributed by atoms with Crippen molar-refractivity contribution in [1.82, 2.24) is 0 Å². The standard InChI is InChI=1S/C54H40N2O6/c1-57-47-21-19-41(29-53(47)59-3)55(37-11-7-5-8-12-37)39-17-15-33-25-43-45-31-46-44-26-34-16-18-40(56(38-13-9-6-10-14-38)42-20-22-48(58-2)54(30-42)60-4)24-36(34)28-50(44)62-52(46)32-51(45)61-49(43)27-35(33)23-39/h5-32H,1-4H3. The Labute approximate surface area is 357 Å². The molecule has 62 heavy (non-hydrogen) atoms. The molecule has 0 radical (unpaired) electrons. The fourth-order valence-electron chi connectivity index (χ4n) is 8.76. The van der Waals surface area contributed by atoms with Gasteiger partial charge in [0.2, 0.25) is 0 Å². The van der Waals surface area contributed by atoms with E-state index in [2.05, 4.69) is 101 Å². The van der Waals surface area contributed by atoms with Crippen LogP contribution >= 0.6 is 0 Å². The van der Waals surface area contributed by atoms with Gasteiger partial charge in [0, 0.05) is 62.5 Å². The molecule has 0 N–H and O–H groups in total. The first-order valence-electron chi connectivity index (χ1n) is 20.3. The first-order valence-corrected chi connectivity index (χ1v) is 20.3. The average Bonchev–Trinajstić information content (AvgIpc) is 3.85. The first-order chi connectivity index (χ1) is 30.5. The molecule has 2 heterocycles. The maximum absolute atomic E-state index is 6.60. The lowest BCUT2D eigenvalue weighted by molar-refractivity contribution is 0.355. The maximum atomic E-state index is 6.60. The zero-order valence-electron chi connectivity index (χ0n) is 34.5. The molecule has 0 amide bonds. The molecule has 0 atom stereocenters. The van der Waals surface area contributed by atoms with Crippen molar-refractivity contribution in [3.05, 3.63) is 170 Å². The third-order valence-electron chi connectivity index (χ3n) is 11.7. The smallest absolute Gasteiger partial charge is 0.162 e. The van der Waals surface area contributed by atoms with Crippen LogP contribution in [0.5, 0.6) is 23.0 Å². The number of benzene rings is 9. The molecule has 11 aromatic rings. The van der Waals surface area contributed by atoms with Crippen molar-refractivity contribution in [2.24, 2.45) is 0 Å². The lowest BCUT2D eigenvalue weighted by Gasteiger charge is -2.26. The zero-order chi connectivity index (χ0) is 41.9. The van der Waals surface area contributed by atoms with Crippen LogP contribution in [0.4, 0.5) is 34.1 Å². The molecule has 302 valence electrons. The minimum atomic E-state index is 0.661. The van der Waals surface area contributed by atoms with Gasteiger partial charge in [-0.1, -0.05) is 48.5 Å². The van der Waals surface area contributed by atoms with Crippen LogP contribution in [-0.2, 0) is 0 Å². The van der Waals surface area contributed by atoms with Crippen molar-refractivity contribution in [3.63, 3.8) is 0 Å². The van der Waals surface area contributed by atoms with Gasteiger partial charge in [-0.2, -0.15) is 0 Å². The molecule has 0 aliphatic heterocycles. The van der Waals surface area contributed by atoms with Crippen LogP contribution in [0, 0.1) is 0 Å². The molecule has 8 heteroatoms. The van der Waals surface area contributed by atoms with E-state index in [9.17, 15) is 0 Å². The number of fused-ring (bicyclic) bond motifs is 8. The number of furan rings is 2. The number of anilines is 6. The summed E-state index contributed by atoms with van der Waals surface area (Å²) in [5.74, 6) is 2.68. The number of ether oxygens (including phenoxy) is 4. The average molecular weight is 813 g/mol. The Morgan fingerprint density at radius 2 is 0.661 bits per heavy atom. The molecule has 0 aliphatic rings. The van der Waals surface area contributed by atoms with Crippen LogP contribution in [0.15, 0.2) is 179 Å². The fraction of sp³-hybridized carbons (Fsp3) is 0.0741. The summed E-state index contributed by atoms with van der Waals surface area (Å²) < 4.78 is 35.7. The maximum Gasteiger partial charge on any atom is 0.162 e. The Balaban J connectivity index is 0.991. The first kappa shape index (κ1) is 36.9. The van der Waals surface area contributed by atoms with Crippen LogP contribution in [0.1, 0.15) is 0 Å². The molecule has 0 bridgehead atoms. The number of rotatable bonds is 10. The molecule has 0 saturated carbocycles. The number of hydrogen-bond donors (Lipinski definition) is 0. The van der Waals surface area contributed by atoms with E-state index in [4.69, 9.17) is 27.8 Å². The van der Waals surface area contributed by atoms with E-state index >= 15 is 0 Å². The summed E-state index contributed by atoms with van der Waals surface area (Å²) in [7, 11) is 6.61. The van der Waals surface area contributed by atoms with E-state index in [0.29, 0.717) is 23.0 Å². The van der Waals surface area contributed by atoms with Gasteiger partial charge >= 0.3 is 0 Å². The highest BCUT2D eigenvalue weighted by Crippen LogP contribution is 2.44. The van der Waals surface area contributed by atoms with Crippen molar-refractivity contribution in [3.8, 4) is 23.0 Å². The fourth-order valence-corrected chi connectivity index (χ4v) is 8.76. The van der Waals surface area contributed by atoms with Crippen LogP contribution in [0.2, 0.25) is 0 Å². The van der Waals surface area contributed by atoms with E-state index in [1.807, 2.05) is 78.9 Å². The minimum Gasteiger partial charge on any atom is -0.493 e. The minimum absolute atomic E-state index is 0.661. The molecule has 2 aromatic heterocycles. The zero-order valence-corrected chi connectivity index (χ0v) is 34.5. The second kappa shape index (κ2) is 14.9. The van der Waals surface area contributed by atoms with Crippen molar-refractivity contribution in [2.45, 2.75) is 0 Å². The van der Waals surface area contributed by atoms with Crippen molar-refractivity contribution >= 4 is 99.5 Å². The number of nitrogens with zero attached hydrogens (tertiary/aromatic N) is 2. The number of para-hydroxylation sites is 2. The highest BCUT2D eigenvalue weighted by atomic mass is 16.5. The highest BCUT2D eigenvalue weighted by molar-refractivity contribution is 6.18. The highest BCUT2D eigenvalue weighted by Gasteiger charge is 2.20.